The van der Waals surface area contributed by atoms with Gasteiger partial charge in [-0.3, -0.25) is 4.79 Å². The number of hydrogen-bond acceptors (Lipinski definition) is 4. The zero-order chi connectivity index (χ0) is 26.3. The molecule has 36 heavy (non-hydrogen) atoms. The number of carbonyl (C=O) groups is 1. The van der Waals surface area contributed by atoms with Crippen LogP contribution in [0.1, 0.15) is 79.3 Å². The largest absolute Gasteiger partial charge is 0.484 e. The number of nitrogens with one attached hydrogen (secondary N) is 1. The van der Waals surface area contributed by atoms with Gasteiger partial charge in [0.2, 0.25) is 0 Å². The minimum Gasteiger partial charge on any atom is -0.484 e. The van der Waals surface area contributed by atoms with Crippen LogP contribution in [0.25, 0.3) is 5.70 Å². The number of benzene rings is 2. The smallest absolute Gasteiger partial charge is 0.269 e. The Kier molecular flexibility index (Phi) is 12.6. The molecule has 0 unspecified atom stereocenters. The predicted molar refractivity (Wildman–Crippen MR) is 150 cm³/mol. The third-order valence-electron chi connectivity index (χ3n) is 6.71. The molecule has 192 valence electrons. The van der Waals surface area contributed by atoms with Gasteiger partial charge >= 0.3 is 0 Å². The van der Waals surface area contributed by atoms with Crippen LogP contribution in [0.4, 0.5) is 0 Å². The molecule has 0 amide bonds. The number of hydrogen-bond donors (Lipinski definition) is 1. The maximum atomic E-state index is 11.4. The van der Waals surface area contributed by atoms with E-state index in [2.05, 4.69) is 50.5 Å². The number of unbranched alkanes of at least 4 members (excludes halogenated alkanes) is 3. The van der Waals surface area contributed by atoms with E-state index in [4.69, 9.17) is 10.00 Å². The summed E-state index contributed by atoms with van der Waals surface area (Å²) in [5.74, 6) is 0.190. The summed E-state index contributed by atoms with van der Waals surface area (Å²) in [5.41, 5.74) is 8.88. The van der Waals surface area contributed by atoms with Crippen LogP contribution in [0, 0.1) is 11.3 Å². The quantitative estimate of drug-likeness (QED) is 0.149. The van der Waals surface area contributed by atoms with Crippen molar-refractivity contribution in [2.45, 2.75) is 78.1 Å². The minimum atomic E-state index is -0.549. The van der Waals surface area contributed by atoms with E-state index in [9.17, 15) is 4.79 Å². The van der Waals surface area contributed by atoms with Gasteiger partial charge in [0.25, 0.3) is 5.78 Å². The summed E-state index contributed by atoms with van der Waals surface area (Å²) in [7, 11) is 1.92. The van der Waals surface area contributed by atoms with Gasteiger partial charge in [0.1, 0.15) is 11.8 Å². The molecule has 2 rings (SSSR count). The van der Waals surface area contributed by atoms with Crippen molar-refractivity contribution in [2.75, 3.05) is 13.7 Å². The topological polar surface area (TPSA) is 62.1 Å². The molecule has 0 aliphatic heterocycles. The molecule has 0 fully saturated rings. The zero-order valence-corrected chi connectivity index (χ0v) is 22.4. The number of carbonyl (C=O) groups excluding carboxylic acids is 1. The number of allylic oxidation sites excluding steroid dienone is 1. The van der Waals surface area contributed by atoms with E-state index < -0.39 is 5.78 Å². The SMILES string of the molecule is C=CCc1c(CCCCCCc2cccc(OCC(=O)C#N)c2CCC)ccc(C(=C)NC)c1CC. The lowest BCUT2D eigenvalue weighted by Gasteiger charge is -2.19. The van der Waals surface area contributed by atoms with Crippen LogP contribution in [0.2, 0.25) is 0 Å². The summed E-state index contributed by atoms with van der Waals surface area (Å²) in [6.07, 6.45) is 12.5. The lowest BCUT2D eigenvalue weighted by molar-refractivity contribution is -0.115. The molecule has 4 nitrogen and oxygen atoms in total. The van der Waals surface area contributed by atoms with Crippen molar-refractivity contribution in [1.29, 1.82) is 5.26 Å². The summed E-state index contributed by atoms with van der Waals surface area (Å²) in [6, 6.07) is 12.2. The van der Waals surface area contributed by atoms with E-state index >= 15 is 0 Å². The number of rotatable bonds is 17. The molecule has 0 spiro atoms. The van der Waals surface area contributed by atoms with Crippen LogP contribution in [-0.2, 0) is 36.9 Å². The molecular weight excluding hydrogens is 444 g/mol. The van der Waals surface area contributed by atoms with Crippen molar-refractivity contribution in [2.24, 2.45) is 0 Å². The minimum absolute atomic E-state index is 0.186. The van der Waals surface area contributed by atoms with Crippen molar-refractivity contribution in [3.05, 3.63) is 82.9 Å². The van der Waals surface area contributed by atoms with E-state index in [-0.39, 0.29) is 6.61 Å². The van der Waals surface area contributed by atoms with Crippen LogP contribution in [0.15, 0.2) is 49.6 Å². The van der Waals surface area contributed by atoms with Crippen LogP contribution < -0.4 is 10.1 Å². The Bertz CT molecular complexity index is 1080. The first-order valence-corrected chi connectivity index (χ1v) is 13.3. The van der Waals surface area contributed by atoms with Gasteiger partial charge in [-0.15, -0.1) is 6.58 Å². The molecule has 0 saturated carbocycles. The highest BCUT2D eigenvalue weighted by atomic mass is 16.5. The number of ether oxygens (including phenoxy) is 1. The summed E-state index contributed by atoms with van der Waals surface area (Å²) in [4.78, 5) is 11.4. The monoisotopic (exact) mass is 486 g/mol. The summed E-state index contributed by atoms with van der Waals surface area (Å²) in [6.45, 7) is 12.3. The number of aryl methyl sites for hydroxylation is 2. The molecule has 0 aromatic heterocycles. The summed E-state index contributed by atoms with van der Waals surface area (Å²) >= 11 is 0. The van der Waals surface area contributed by atoms with Gasteiger partial charge in [0.05, 0.1) is 0 Å². The number of nitriles is 1. The number of Topliss-reactive ketones (excluding diaryl/α,β-unsaturated/α-hetero) is 1. The average molecular weight is 487 g/mol. The lowest BCUT2D eigenvalue weighted by atomic mass is 9.88. The molecular formula is C32H42N2O2. The normalized spacial score (nSPS) is 10.5. The second kappa shape index (κ2) is 15.6. The molecule has 1 N–H and O–H groups in total. The van der Waals surface area contributed by atoms with E-state index in [0.29, 0.717) is 0 Å². The van der Waals surface area contributed by atoms with Crippen molar-refractivity contribution in [1.82, 2.24) is 5.32 Å². The van der Waals surface area contributed by atoms with Crippen molar-refractivity contribution in [3.63, 3.8) is 0 Å². The molecule has 0 aliphatic carbocycles. The molecule has 0 heterocycles. The fraction of sp³-hybridized carbons (Fsp3) is 0.438. The Morgan fingerprint density at radius 3 is 2.28 bits per heavy atom. The van der Waals surface area contributed by atoms with Gasteiger partial charge in [-0.05, 0) is 78.8 Å². The van der Waals surface area contributed by atoms with Crippen molar-refractivity contribution < 1.29 is 9.53 Å². The standard InChI is InChI=1S/C32H42N2O2/c1-6-14-30-26(20-21-29(24(4)34-5)28(30)8-3)17-12-10-9-11-16-25-18-13-19-32(31(25)15-7-2)36-23-27(35)22-33/h6,13,18-21,34H,1,4,7-12,14-17,23H2,2-3,5H3. The first-order chi connectivity index (χ1) is 17.5. The van der Waals surface area contributed by atoms with Gasteiger partial charge in [-0.2, -0.15) is 5.26 Å². The van der Waals surface area contributed by atoms with Crippen molar-refractivity contribution >= 4 is 11.5 Å². The highest BCUT2D eigenvalue weighted by molar-refractivity contribution is 5.94. The summed E-state index contributed by atoms with van der Waals surface area (Å²) < 4.78 is 5.67. The third-order valence-corrected chi connectivity index (χ3v) is 6.71. The predicted octanol–water partition coefficient (Wildman–Crippen LogP) is 6.94. The molecule has 2 aromatic carbocycles. The Balaban J connectivity index is 1.96. The molecule has 4 heteroatoms. The number of ketones is 1. The second-order valence-corrected chi connectivity index (χ2v) is 9.19. The number of nitrogens with zero attached hydrogens (tertiary/aromatic N) is 1. The van der Waals surface area contributed by atoms with Gasteiger partial charge in [-0.25, -0.2) is 0 Å². The first-order valence-electron chi connectivity index (χ1n) is 13.3. The molecule has 0 saturated heterocycles. The highest BCUT2D eigenvalue weighted by Crippen LogP contribution is 2.28. The first kappa shape index (κ1) is 28.9. The van der Waals surface area contributed by atoms with Crippen LogP contribution in [0.3, 0.4) is 0 Å². The third kappa shape index (κ3) is 8.12. The van der Waals surface area contributed by atoms with Crippen LogP contribution in [0.5, 0.6) is 5.75 Å². The van der Waals surface area contributed by atoms with Crippen molar-refractivity contribution in [3.8, 4) is 11.8 Å². The van der Waals surface area contributed by atoms with E-state index in [0.717, 1.165) is 56.4 Å². The van der Waals surface area contributed by atoms with Gasteiger partial charge < -0.3 is 10.1 Å². The average Bonchev–Trinajstić information content (AvgIpc) is 2.90. The molecule has 0 radical (unpaired) electrons. The van der Waals surface area contributed by atoms with Gasteiger partial charge in [0.15, 0.2) is 6.61 Å². The fourth-order valence-electron chi connectivity index (χ4n) is 4.87. The van der Waals surface area contributed by atoms with Crippen LogP contribution in [-0.4, -0.2) is 19.4 Å². The van der Waals surface area contributed by atoms with Gasteiger partial charge in [-0.1, -0.05) is 70.0 Å². The molecule has 0 atom stereocenters. The van der Waals surface area contributed by atoms with Gasteiger partial charge in [0, 0.05) is 18.3 Å². The highest BCUT2D eigenvalue weighted by Gasteiger charge is 2.13. The second-order valence-electron chi connectivity index (χ2n) is 9.19. The molecule has 0 aliphatic rings. The lowest BCUT2D eigenvalue weighted by Crippen LogP contribution is -2.10. The Labute approximate surface area is 218 Å². The van der Waals surface area contributed by atoms with E-state index in [1.165, 1.54) is 52.6 Å². The zero-order valence-electron chi connectivity index (χ0n) is 22.4. The fourth-order valence-corrected chi connectivity index (χ4v) is 4.87. The Morgan fingerprint density at radius 1 is 1.00 bits per heavy atom. The van der Waals surface area contributed by atoms with E-state index in [1.54, 1.807) is 6.07 Å². The molecule has 0 bridgehead atoms. The molecule has 2 aromatic rings. The maximum absolute atomic E-state index is 11.4. The van der Waals surface area contributed by atoms with E-state index in [1.807, 2.05) is 25.3 Å². The maximum Gasteiger partial charge on any atom is 0.269 e. The van der Waals surface area contributed by atoms with Crippen LogP contribution >= 0.6 is 0 Å². The Morgan fingerprint density at radius 2 is 1.69 bits per heavy atom. The Hall–Kier alpha value is -3.32. The summed E-state index contributed by atoms with van der Waals surface area (Å²) in [5, 5.41) is 11.9.